The van der Waals surface area contributed by atoms with Gasteiger partial charge in [0.2, 0.25) is 5.91 Å². The first kappa shape index (κ1) is 18.7. The Morgan fingerprint density at radius 3 is 2.09 bits per heavy atom. The van der Waals surface area contributed by atoms with Gasteiger partial charge in [-0.2, -0.15) is 0 Å². The monoisotopic (exact) mass is 319 g/mol. The van der Waals surface area contributed by atoms with Gasteiger partial charge >= 0.3 is 0 Å². The summed E-state index contributed by atoms with van der Waals surface area (Å²) in [6.07, 6.45) is 0.892. The van der Waals surface area contributed by atoms with E-state index in [0.29, 0.717) is 5.56 Å². The summed E-state index contributed by atoms with van der Waals surface area (Å²) in [6.45, 7) is 8.86. The van der Waals surface area contributed by atoms with Crippen molar-refractivity contribution < 1.29 is 14.4 Å². The molecule has 126 valence electrons. The van der Waals surface area contributed by atoms with Crippen molar-refractivity contribution in [2.75, 3.05) is 0 Å². The van der Waals surface area contributed by atoms with Crippen LogP contribution in [0, 0.1) is 5.41 Å². The van der Waals surface area contributed by atoms with Crippen molar-refractivity contribution in [3.05, 3.63) is 35.4 Å². The first-order chi connectivity index (χ1) is 10.6. The van der Waals surface area contributed by atoms with Gasteiger partial charge in [-0.05, 0) is 31.0 Å². The van der Waals surface area contributed by atoms with Gasteiger partial charge in [0.05, 0.1) is 0 Å². The largest absolute Gasteiger partial charge is 0.344 e. The summed E-state index contributed by atoms with van der Waals surface area (Å²) in [5.74, 6) is -1.13. The zero-order valence-electron chi connectivity index (χ0n) is 14.3. The molecule has 6 nitrogen and oxygen atoms in total. The van der Waals surface area contributed by atoms with Gasteiger partial charge in [-0.1, -0.05) is 39.8 Å². The minimum atomic E-state index is -0.746. The Morgan fingerprint density at radius 1 is 1.04 bits per heavy atom. The van der Waals surface area contributed by atoms with E-state index in [0.717, 1.165) is 12.0 Å². The molecule has 0 aliphatic carbocycles. The first-order valence-electron chi connectivity index (χ1n) is 7.65. The van der Waals surface area contributed by atoms with Crippen molar-refractivity contribution in [1.29, 1.82) is 0 Å². The van der Waals surface area contributed by atoms with Crippen LogP contribution in [0.15, 0.2) is 24.3 Å². The normalized spacial score (nSPS) is 12.2. The molecule has 0 aromatic heterocycles. The van der Waals surface area contributed by atoms with Crippen molar-refractivity contribution in [1.82, 2.24) is 16.2 Å². The fourth-order valence-electron chi connectivity index (χ4n) is 1.67. The quantitative estimate of drug-likeness (QED) is 0.736. The minimum absolute atomic E-state index is 0.235. The number of hydrogen-bond donors (Lipinski definition) is 3. The molecule has 1 unspecified atom stereocenters. The van der Waals surface area contributed by atoms with Crippen molar-refractivity contribution in [3.63, 3.8) is 0 Å². The van der Waals surface area contributed by atoms with Gasteiger partial charge in [0.25, 0.3) is 11.8 Å². The Balaban J connectivity index is 2.51. The lowest BCUT2D eigenvalue weighted by atomic mass is 9.95. The molecule has 0 fully saturated rings. The highest BCUT2D eigenvalue weighted by Crippen LogP contribution is 2.12. The number of hydrogen-bond acceptors (Lipinski definition) is 3. The molecule has 1 aromatic carbocycles. The second-order valence-electron chi connectivity index (χ2n) is 6.44. The van der Waals surface area contributed by atoms with Crippen LogP contribution in [-0.4, -0.2) is 23.8 Å². The van der Waals surface area contributed by atoms with Crippen LogP contribution >= 0.6 is 0 Å². The highest BCUT2D eigenvalue weighted by molar-refractivity contribution is 5.96. The molecule has 0 saturated carbocycles. The number of carbonyl (C=O) groups excluding carboxylic acids is 3. The van der Waals surface area contributed by atoms with Crippen molar-refractivity contribution >= 4 is 17.7 Å². The van der Waals surface area contributed by atoms with E-state index in [4.69, 9.17) is 0 Å². The molecule has 0 spiro atoms. The van der Waals surface area contributed by atoms with E-state index in [9.17, 15) is 14.4 Å². The van der Waals surface area contributed by atoms with Gasteiger partial charge in [-0.15, -0.1) is 0 Å². The number of carbonyl (C=O) groups is 3. The molecule has 0 aliphatic heterocycles. The zero-order chi connectivity index (χ0) is 17.6. The molecular formula is C17H25N3O3. The van der Waals surface area contributed by atoms with E-state index in [1.807, 2.05) is 19.1 Å². The summed E-state index contributed by atoms with van der Waals surface area (Å²) >= 11 is 0. The molecule has 3 amide bonds. The van der Waals surface area contributed by atoms with E-state index in [1.165, 1.54) is 0 Å². The zero-order valence-corrected chi connectivity index (χ0v) is 14.3. The summed E-state index contributed by atoms with van der Waals surface area (Å²) < 4.78 is 0. The third-order valence-corrected chi connectivity index (χ3v) is 3.35. The maximum absolute atomic E-state index is 11.9. The smallest absolute Gasteiger partial charge is 0.269 e. The number of hydrazine groups is 1. The fourth-order valence-corrected chi connectivity index (χ4v) is 1.67. The first-order valence-corrected chi connectivity index (χ1v) is 7.65. The molecule has 23 heavy (non-hydrogen) atoms. The second-order valence-corrected chi connectivity index (χ2v) is 6.44. The lowest BCUT2D eigenvalue weighted by Crippen LogP contribution is -2.52. The standard InChI is InChI=1S/C17H25N3O3/c1-6-12-7-9-13(10-8-12)15(22)20-19-14(21)11(2)18-16(23)17(3,4)5/h7-11H,6H2,1-5H3,(H,18,23)(H,19,21)(H,20,22). The van der Waals surface area contributed by atoms with Crippen LogP contribution in [0.25, 0.3) is 0 Å². The summed E-state index contributed by atoms with van der Waals surface area (Å²) in [5, 5.41) is 2.60. The Hall–Kier alpha value is -2.37. The molecule has 1 atom stereocenters. The third-order valence-electron chi connectivity index (χ3n) is 3.35. The van der Waals surface area contributed by atoms with Crippen molar-refractivity contribution in [2.45, 2.75) is 47.1 Å². The summed E-state index contributed by atoms with van der Waals surface area (Å²) in [5.41, 5.74) is 5.65. The average Bonchev–Trinajstić information content (AvgIpc) is 2.51. The molecule has 1 rings (SSSR count). The molecule has 6 heteroatoms. The lowest BCUT2D eigenvalue weighted by Gasteiger charge is -2.21. The summed E-state index contributed by atoms with van der Waals surface area (Å²) in [7, 11) is 0. The maximum Gasteiger partial charge on any atom is 0.269 e. The van der Waals surface area contributed by atoms with E-state index in [1.54, 1.807) is 39.8 Å². The van der Waals surface area contributed by atoms with E-state index in [2.05, 4.69) is 16.2 Å². The maximum atomic E-state index is 11.9. The number of amides is 3. The van der Waals surface area contributed by atoms with Crippen LogP contribution in [0.4, 0.5) is 0 Å². The summed E-state index contributed by atoms with van der Waals surface area (Å²) in [4.78, 5) is 35.7. The van der Waals surface area contributed by atoms with Gasteiger partial charge in [-0.25, -0.2) is 0 Å². The Morgan fingerprint density at radius 2 is 1.61 bits per heavy atom. The van der Waals surface area contributed by atoms with Gasteiger partial charge < -0.3 is 5.32 Å². The third kappa shape index (κ3) is 5.73. The van der Waals surface area contributed by atoms with Gasteiger partial charge in [0.1, 0.15) is 6.04 Å². The van der Waals surface area contributed by atoms with Crippen LogP contribution in [-0.2, 0) is 16.0 Å². The second kappa shape index (κ2) is 7.76. The van der Waals surface area contributed by atoms with E-state index < -0.39 is 23.3 Å². The Kier molecular flexibility index (Phi) is 6.30. The van der Waals surface area contributed by atoms with Gasteiger partial charge in [0.15, 0.2) is 0 Å². The molecule has 0 radical (unpaired) electrons. The number of benzene rings is 1. The van der Waals surface area contributed by atoms with Crippen molar-refractivity contribution in [3.8, 4) is 0 Å². The Labute approximate surface area is 137 Å². The SMILES string of the molecule is CCc1ccc(C(=O)NNC(=O)C(C)NC(=O)C(C)(C)C)cc1. The van der Waals surface area contributed by atoms with E-state index >= 15 is 0 Å². The van der Waals surface area contributed by atoms with Gasteiger partial charge in [0, 0.05) is 11.0 Å². The number of aryl methyl sites for hydroxylation is 1. The minimum Gasteiger partial charge on any atom is -0.344 e. The molecule has 3 N–H and O–H groups in total. The van der Waals surface area contributed by atoms with Gasteiger partial charge in [-0.3, -0.25) is 25.2 Å². The van der Waals surface area contributed by atoms with Crippen molar-refractivity contribution in [2.24, 2.45) is 5.41 Å². The predicted octanol–water partition coefficient (Wildman–Crippen LogP) is 1.56. The highest BCUT2D eigenvalue weighted by Gasteiger charge is 2.25. The topological polar surface area (TPSA) is 87.3 Å². The number of nitrogens with one attached hydrogen (secondary N) is 3. The molecule has 0 bridgehead atoms. The molecule has 0 aliphatic rings. The van der Waals surface area contributed by atoms with E-state index in [-0.39, 0.29) is 5.91 Å². The van der Waals surface area contributed by atoms with Crippen LogP contribution in [0.3, 0.4) is 0 Å². The predicted molar refractivity (Wildman–Crippen MR) is 88.5 cm³/mol. The molecule has 0 saturated heterocycles. The molecule has 0 heterocycles. The van der Waals surface area contributed by atoms with Crippen LogP contribution in [0.1, 0.15) is 50.5 Å². The summed E-state index contributed by atoms with van der Waals surface area (Å²) in [6, 6.07) is 6.38. The Bertz CT molecular complexity index is 574. The fraction of sp³-hybridized carbons (Fsp3) is 0.471. The van der Waals surface area contributed by atoms with Crippen LogP contribution < -0.4 is 16.2 Å². The highest BCUT2D eigenvalue weighted by atomic mass is 16.2. The number of rotatable bonds is 4. The lowest BCUT2D eigenvalue weighted by molar-refractivity contribution is -0.133. The molecular weight excluding hydrogens is 294 g/mol. The average molecular weight is 319 g/mol. The van der Waals surface area contributed by atoms with Crippen LogP contribution in [0.2, 0.25) is 0 Å². The van der Waals surface area contributed by atoms with Crippen LogP contribution in [0.5, 0.6) is 0 Å². The molecule has 1 aromatic rings.